The molecule has 1 aliphatic heterocycles. The van der Waals surface area contributed by atoms with Crippen molar-refractivity contribution in [2.75, 3.05) is 12.4 Å². The molecule has 21 heavy (non-hydrogen) atoms. The van der Waals surface area contributed by atoms with E-state index in [0.717, 1.165) is 30.8 Å². The fraction of sp³-hybridized carbons (Fsp3) is 0.600. The Labute approximate surface area is 126 Å². The van der Waals surface area contributed by atoms with Crippen LogP contribution in [0.4, 0.5) is 0 Å². The van der Waals surface area contributed by atoms with Crippen LogP contribution < -0.4 is 14.6 Å². The molecular formula is C15H23NO4S. The summed E-state index contributed by atoms with van der Waals surface area (Å²) < 4.78 is 33.3. The van der Waals surface area contributed by atoms with Crippen LogP contribution >= 0.6 is 0 Å². The van der Waals surface area contributed by atoms with E-state index in [1.807, 2.05) is 12.1 Å². The number of benzene rings is 1. The zero-order valence-corrected chi connectivity index (χ0v) is 13.4. The van der Waals surface area contributed by atoms with Gasteiger partial charge in [-0.1, -0.05) is 12.1 Å². The van der Waals surface area contributed by atoms with E-state index >= 15 is 0 Å². The molecule has 6 heteroatoms. The second kappa shape index (κ2) is 6.23. The number of sulfonamides is 1. The van der Waals surface area contributed by atoms with Crippen molar-refractivity contribution >= 4 is 10.0 Å². The molecule has 1 heterocycles. The zero-order chi connectivity index (χ0) is 15.5. The number of primary sulfonamides is 1. The van der Waals surface area contributed by atoms with Crippen molar-refractivity contribution < 1.29 is 17.9 Å². The molecule has 2 rings (SSSR count). The maximum Gasteiger partial charge on any atom is 0.209 e. The number of hydrogen-bond acceptors (Lipinski definition) is 4. The van der Waals surface area contributed by atoms with E-state index in [9.17, 15) is 8.42 Å². The highest BCUT2D eigenvalue weighted by Crippen LogP contribution is 2.41. The van der Waals surface area contributed by atoms with Gasteiger partial charge in [-0.15, -0.1) is 0 Å². The van der Waals surface area contributed by atoms with Crippen LogP contribution in [0.15, 0.2) is 18.2 Å². The molecule has 0 unspecified atom stereocenters. The normalized spacial score (nSPS) is 16.3. The second-order valence-corrected chi connectivity index (χ2v) is 7.79. The summed E-state index contributed by atoms with van der Waals surface area (Å²) in [6, 6.07) is 5.94. The summed E-state index contributed by atoms with van der Waals surface area (Å²) in [4.78, 5) is 0. The second-order valence-electron chi connectivity index (χ2n) is 6.06. The first kappa shape index (κ1) is 16.1. The molecule has 1 aliphatic rings. The molecule has 0 bridgehead atoms. The lowest BCUT2D eigenvalue weighted by molar-refractivity contribution is 0.132. The molecule has 0 fully saturated rings. The number of fused-ring (bicyclic) bond motifs is 1. The molecule has 0 saturated carbocycles. The molecule has 0 spiro atoms. The number of unbranched alkanes of at least 4 members (excludes halogenated alkanes) is 2. The molecule has 5 nitrogen and oxygen atoms in total. The first-order valence-electron chi connectivity index (χ1n) is 7.21. The van der Waals surface area contributed by atoms with Crippen molar-refractivity contribution in [1.29, 1.82) is 0 Å². The quantitative estimate of drug-likeness (QED) is 0.783. The fourth-order valence-corrected chi connectivity index (χ4v) is 3.07. The molecule has 0 amide bonds. The van der Waals surface area contributed by atoms with Gasteiger partial charge in [0, 0.05) is 12.0 Å². The Morgan fingerprint density at radius 2 is 2.05 bits per heavy atom. The van der Waals surface area contributed by atoms with Gasteiger partial charge in [0.15, 0.2) is 11.5 Å². The van der Waals surface area contributed by atoms with Crippen molar-refractivity contribution in [3.8, 4) is 11.5 Å². The van der Waals surface area contributed by atoms with Crippen molar-refractivity contribution in [3.63, 3.8) is 0 Å². The van der Waals surface area contributed by atoms with Crippen LogP contribution in [-0.2, 0) is 16.4 Å². The molecular weight excluding hydrogens is 290 g/mol. The van der Waals surface area contributed by atoms with Gasteiger partial charge in [0.25, 0.3) is 0 Å². The van der Waals surface area contributed by atoms with Crippen LogP contribution in [-0.4, -0.2) is 26.4 Å². The van der Waals surface area contributed by atoms with E-state index in [1.165, 1.54) is 5.56 Å². The van der Waals surface area contributed by atoms with Gasteiger partial charge in [0.2, 0.25) is 10.0 Å². The third-order valence-corrected chi connectivity index (χ3v) is 4.24. The van der Waals surface area contributed by atoms with Gasteiger partial charge in [0.1, 0.15) is 5.60 Å². The summed E-state index contributed by atoms with van der Waals surface area (Å²) in [7, 11) is -3.35. The molecule has 2 N–H and O–H groups in total. The highest BCUT2D eigenvalue weighted by atomic mass is 32.2. The van der Waals surface area contributed by atoms with Crippen molar-refractivity contribution in [2.24, 2.45) is 5.14 Å². The van der Waals surface area contributed by atoms with Gasteiger partial charge in [-0.3, -0.25) is 0 Å². The molecule has 0 aromatic heterocycles. The highest BCUT2D eigenvalue weighted by molar-refractivity contribution is 7.89. The Bertz CT molecular complexity index is 596. The lowest BCUT2D eigenvalue weighted by Gasteiger charge is -2.18. The topological polar surface area (TPSA) is 78.6 Å². The first-order chi connectivity index (χ1) is 9.77. The largest absolute Gasteiger partial charge is 0.490 e. The number of nitrogens with two attached hydrogens (primary N) is 1. The Balaban J connectivity index is 1.79. The SMILES string of the molecule is CC1(C)Cc2cccc(OCCCCCS(N)(=O)=O)c2O1. The zero-order valence-electron chi connectivity index (χ0n) is 12.6. The number of hydrogen-bond donors (Lipinski definition) is 1. The lowest BCUT2D eigenvalue weighted by Crippen LogP contribution is -2.24. The summed E-state index contributed by atoms with van der Waals surface area (Å²) in [5, 5.41) is 4.95. The fourth-order valence-electron chi connectivity index (χ4n) is 2.47. The van der Waals surface area contributed by atoms with Gasteiger partial charge >= 0.3 is 0 Å². The minimum Gasteiger partial charge on any atom is -0.490 e. The van der Waals surface area contributed by atoms with Gasteiger partial charge < -0.3 is 9.47 Å². The highest BCUT2D eigenvalue weighted by Gasteiger charge is 2.32. The van der Waals surface area contributed by atoms with E-state index in [-0.39, 0.29) is 11.4 Å². The number of ether oxygens (including phenoxy) is 2. The minimum absolute atomic E-state index is 0.0328. The van der Waals surface area contributed by atoms with Crippen molar-refractivity contribution in [3.05, 3.63) is 23.8 Å². The van der Waals surface area contributed by atoms with Crippen molar-refractivity contribution in [1.82, 2.24) is 0 Å². The standard InChI is InChI=1S/C15H23NO4S/c1-15(2)11-12-7-6-8-13(14(12)20-15)19-9-4-3-5-10-21(16,17)18/h6-8H,3-5,9-11H2,1-2H3,(H2,16,17,18). The molecule has 118 valence electrons. The van der Waals surface area contributed by atoms with E-state index < -0.39 is 10.0 Å². The van der Waals surface area contributed by atoms with Gasteiger partial charge in [-0.05, 0) is 39.2 Å². The molecule has 0 atom stereocenters. The summed E-state index contributed by atoms with van der Waals surface area (Å²) in [6.07, 6.45) is 3.02. The Morgan fingerprint density at radius 3 is 2.76 bits per heavy atom. The van der Waals surface area contributed by atoms with Gasteiger partial charge in [-0.25, -0.2) is 13.6 Å². The predicted molar refractivity (Wildman–Crippen MR) is 82.2 cm³/mol. The Morgan fingerprint density at radius 1 is 1.29 bits per heavy atom. The summed E-state index contributed by atoms with van der Waals surface area (Å²) in [5.74, 6) is 1.64. The first-order valence-corrected chi connectivity index (χ1v) is 8.93. The molecule has 0 saturated heterocycles. The van der Waals surface area contributed by atoms with E-state index in [0.29, 0.717) is 13.0 Å². The molecule has 0 aliphatic carbocycles. The van der Waals surface area contributed by atoms with Crippen LogP contribution in [0.3, 0.4) is 0 Å². The summed E-state index contributed by atoms with van der Waals surface area (Å²) in [6.45, 7) is 4.67. The summed E-state index contributed by atoms with van der Waals surface area (Å²) in [5.41, 5.74) is 0.990. The lowest BCUT2D eigenvalue weighted by atomic mass is 10.0. The van der Waals surface area contributed by atoms with E-state index in [2.05, 4.69) is 19.9 Å². The summed E-state index contributed by atoms with van der Waals surface area (Å²) >= 11 is 0. The van der Waals surface area contributed by atoms with Crippen LogP contribution in [0.25, 0.3) is 0 Å². The maximum absolute atomic E-state index is 10.8. The van der Waals surface area contributed by atoms with Crippen LogP contribution in [0.2, 0.25) is 0 Å². The van der Waals surface area contributed by atoms with Crippen LogP contribution in [0, 0.1) is 0 Å². The molecule has 1 aromatic carbocycles. The maximum atomic E-state index is 10.8. The number of rotatable bonds is 7. The number of para-hydroxylation sites is 1. The Hall–Kier alpha value is -1.27. The van der Waals surface area contributed by atoms with Gasteiger partial charge in [0.05, 0.1) is 12.4 Å². The van der Waals surface area contributed by atoms with Gasteiger partial charge in [-0.2, -0.15) is 0 Å². The molecule has 0 radical (unpaired) electrons. The smallest absolute Gasteiger partial charge is 0.209 e. The predicted octanol–water partition coefficient (Wildman–Crippen LogP) is 2.24. The van der Waals surface area contributed by atoms with Crippen LogP contribution in [0.1, 0.15) is 38.7 Å². The molecule has 1 aromatic rings. The van der Waals surface area contributed by atoms with E-state index in [4.69, 9.17) is 14.6 Å². The average Bonchev–Trinajstić information content (AvgIpc) is 2.67. The third-order valence-electron chi connectivity index (χ3n) is 3.39. The van der Waals surface area contributed by atoms with Crippen LogP contribution in [0.5, 0.6) is 11.5 Å². The minimum atomic E-state index is -3.35. The monoisotopic (exact) mass is 313 g/mol. The van der Waals surface area contributed by atoms with E-state index in [1.54, 1.807) is 0 Å². The third kappa shape index (κ3) is 4.89. The van der Waals surface area contributed by atoms with Crippen molar-refractivity contribution in [2.45, 2.75) is 45.1 Å². The average molecular weight is 313 g/mol. The Kier molecular flexibility index (Phi) is 4.78.